The fourth-order valence-corrected chi connectivity index (χ4v) is 1.28. The van der Waals surface area contributed by atoms with E-state index in [1.54, 1.807) is 0 Å². The fourth-order valence-electron chi connectivity index (χ4n) is 1.28. The van der Waals surface area contributed by atoms with Gasteiger partial charge < -0.3 is 14.8 Å². The van der Waals surface area contributed by atoms with Gasteiger partial charge in [0.1, 0.15) is 0 Å². The van der Waals surface area contributed by atoms with Gasteiger partial charge in [-0.15, -0.1) is 0 Å². The Morgan fingerprint density at radius 3 is 2.37 bits per heavy atom. The molecule has 0 saturated carbocycles. The van der Waals surface area contributed by atoms with Crippen LogP contribution in [0.3, 0.4) is 0 Å². The molecule has 19 heavy (non-hydrogen) atoms. The maximum atomic E-state index is 11.5. The van der Waals surface area contributed by atoms with Crippen molar-refractivity contribution in [2.75, 3.05) is 33.0 Å². The summed E-state index contributed by atoms with van der Waals surface area (Å²) >= 11 is 0. The van der Waals surface area contributed by atoms with Crippen LogP contribution in [0.25, 0.3) is 0 Å². The van der Waals surface area contributed by atoms with Crippen molar-refractivity contribution in [1.29, 1.82) is 0 Å². The Labute approximate surface area is 118 Å². The molecule has 1 N–H and O–H groups in total. The molecule has 0 fully saturated rings. The minimum atomic E-state index is 0.0830. The highest BCUT2D eigenvalue weighted by Crippen LogP contribution is 2.19. The summed E-state index contributed by atoms with van der Waals surface area (Å²) < 4.78 is 11.0. The van der Waals surface area contributed by atoms with Crippen LogP contribution in [0.5, 0.6) is 0 Å². The zero-order valence-corrected chi connectivity index (χ0v) is 13.3. The topological polar surface area (TPSA) is 47.6 Å². The summed E-state index contributed by atoms with van der Waals surface area (Å²) in [4.78, 5) is 11.5. The molecule has 0 spiro atoms. The molecule has 0 aliphatic rings. The molecule has 0 saturated heterocycles. The van der Waals surface area contributed by atoms with Gasteiger partial charge in [0.05, 0.1) is 26.4 Å². The Morgan fingerprint density at radius 2 is 1.79 bits per heavy atom. The molecular formula is C15H31NO3. The van der Waals surface area contributed by atoms with Gasteiger partial charge in [-0.25, -0.2) is 0 Å². The van der Waals surface area contributed by atoms with Gasteiger partial charge in [-0.3, -0.25) is 4.79 Å². The summed E-state index contributed by atoms with van der Waals surface area (Å²) in [5.74, 6) is 0.187. The lowest BCUT2D eigenvalue weighted by Gasteiger charge is -2.22. The third-order valence-electron chi connectivity index (χ3n) is 3.43. The maximum absolute atomic E-state index is 11.5. The number of carbonyl (C=O) groups is 1. The van der Waals surface area contributed by atoms with Gasteiger partial charge in [0.2, 0.25) is 5.91 Å². The molecule has 0 aromatic heterocycles. The average Bonchev–Trinajstić information content (AvgIpc) is 2.40. The maximum Gasteiger partial charge on any atom is 0.222 e. The first-order valence-electron chi connectivity index (χ1n) is 7.36. The zero-order chi connectivity index (χ0) is 14.7. The van der Waals surface area contributed by atoms with E-state index in [4.69, 9.17) is 9.47 Å². The van der Waals surface area contributed by atoms with Gasteiger partial charge in [0, 0.05) is 12.5 Å². The molecule has 4 nitrogen and oxygen atoms in total. The van der Waals surface area contributed by atoms with Crippen LogP contribution in [-0.2, 0) is 14.3 Å². The summed E-state index contributed by atoms with van der Waals surface area (Å²) in [7, 11) is 0. The standard InChI is InChI=1S/C15H31NO3/c1-6-13(3)14(17)16-8-9-18-10-11-19-12-15(4,5)7-2/h13H,6-12H2,1-5H3,(H,16,17). The van der Waals surface area contributed by atoms with Crippen molar-refractivity contribution in [2.24, 2.45) is 11.3 Å². The molecule has 0 aliphatic carbocycles. The largest absolute Gasteiger partial charge is 0.379 e. The third kappa shape index (κ3) is 9.91. The number of rotatable bonds is 11. The Morgan fingerprint density at radius 1 is 1.16 bits per heavy atom. The Balaban J connectivity index is 3.35. The Hall–Kier alpha value is -0.610. The van der Waals surface area contributed by atoms with E-state index >= 15 is 0 Å². The van der Waals surface area contributed by atoms with Crippen LogP contribution in [0.15, 0.2) is 0 Å². The highest BCUT2D eigenvalue weighted by atomic mass is 16.5. The van der Waals surface area contributed by atoms with Gasteiger partial charge in [0.25, 0.3) is 0 Å². The van der Waals surface area contributed by atoms with E-state index in [1.807, 2.05) is 13.8 Å². The van der Waals surface area contributed by atoms with Gasteiger partial charge >= 0.3 is 0 Å². The molecule has 114 valence electrons. The monoisotopic (exact) mass is 273 g/mol. The third-order valence-corrected chi connectivity index (χ3v) is 3.43. The van der Waals surface area contributed by atoms with E-state index in [1.165, 1.54) is 0 Å². The molecule has 1 unspecified atom stereocenters. The number of hydrogen-bond donors (Lipinski definition) is 1. The lowest BCUT2D eigenvalue weighted by Crippen LogP contribution is -2.32. The van der Waals surface area contributed by atoms with Crippen molar-refractivity contribution in [1.82, 2.24) is 5.32 Å². The quantitative estimate of drug-likeness (QED) is 0.589. The van der Waals surface area contributed by atoms with E-state index in [-0.39, 0.29) is 17.2 Å². The van der Waals surface area contributed by atoms with E-state index in [0.29, 0.717) is 26.4 Å². The van der Waals surface area contributed by atoms with Crippen molar-refractivity contribution >= 4 is 5.91 Å². The van der Waals surface area contributed by atoms with E-state index in [0.717, 1.165) is 19.4 Å². The predicted octanol–water partition coefficient (Wildman–Crippen LogP) is 2.62. The Kier molecular flexibility index (Phi) is 9.88. The summed E-state index contributed by atoms with van der Waals surface area (Å²) in [5.41, 5.74) is 0.240. The summed E-state index contributed by atoms with van der Waals surface area (Å²) in [5, 5.41) is 2.85. The molecule has 4 heteroatoms. The van der Waals surface area contributed by atoms with Crippen molar-refractivity contribution in [3.63, 3.8) is 0 Å². The number of carbonyl (C=O) groups excluding carboxylic acids is 1. The lowest BCUT2D eigenvalue weighted by atomic mass is 9.92. The second kappa shape index (κ2) is 10.2. The van der Waals surface area contributed by atoms with Gasteiger partial charge in [0.15, 0.2) is 0 Å². The predicted molar refractivity (Wildman–Crippen MR) is 78.2 cm³/mol. The molecule has 0 rings (SSSR count). The van der Waals surface area contributed by atoms with Gasteiger partial charge in [-0.05, 0) is 18.3 Å². The molecule has 0 radical (unpaired) electrons. The minimum absolute atomic E-state index is 0.0830. The number of nitrogens with one attached hydrogen (secondary N) is 1. The molecule has 0 bridgehead atoms. The second-order valence-electron chi connectivity index (χ2n) is 5.78. The molecule has 0 aromatic carbocycles. The smallest absolute Gasteiger partial charge is 0.222 e. The number of amides is 1. The molecule has 0 heterocycles. The van der Waals surface area contributed by atoms with Crippen molar-refractivity contribution in [3.05, 3.63) is 0 Å². The number of hydrogen-bond acceptors (Lipinski definition) is 3. The van der Waals surface area contributed by atoms with Crippen LogP contribution < -0.4 is 5.32 Å². The van der Waals surface area contributed by atoms with Crippen LogP contribution >= 0.6 is 0 Å². The molecule has 0 aliphatic heterocycles. The normalized spacial score (nSPS) is 13.3. The molecular weight excluding hydrogens is 242 g/mol. The van der Waals surface area contributed by atoms with Crippen LogP contribution in [-0.4, -0.2) is 38.9 Å². The van der Waals surface area contributed by atoms with Gasteiger partial charge in [-0.1, -0.05) is 34.6 Å². The summed E-state index contributed by atoms with van der Waals surface area (Å²) in [6, 6.07) is 0. The molecule has 0 aromatic rings. The minimum Gasteiger partial charge on any atom is -0.379 e. The Bertz CT molecular complexity index is 242. The van der Waals surface area contributed by atoms with Crippen molar-refractivity contribution in [2.45, 2.75) is 47.5 Å². The zero-order valence-electron chi connectivity index (χ0n) is 13.3. The van der Waals surface area contributed by atoms with Crippen molar-refractivity contribution < 1.29 is 14.3 Å². The van der Waals surface area contributed by atoms with E-state index in [2.05, 4.69) is 26.1 Å². The van der Waals surface area contributed by atoms with Crippen LogP contribution in [0, 0.1) is 11.3 Å². The average molecular weight is 273 g/mol. The van der Waals surface area contributed by atoms with Gasteiger partial charge in [-0.2, -0.15) is 0 Å². The molecule has 1 amide bonds. The summed E-state index contributed by atoms with van der Waals surface area (Å²) in [6.07, 6.45) is 1.98. The lowest BCUT2D eigenvalue weighted by molar-refractivity contribution is -0.124. The molecule has 1 atom stereocenters. The van der Waals surface area contributed by atoms with Crippen LogP contribution in [0.4, 0.5) is 0 Å². The highest BCUT2D eigenvalue weighted by molar-refractivity contribution is 5.78. The van der Waals surface area contributed by atoms with Crippen LogP contribution in [0.2, 0.25) is 0 Å². The fraction of sp³-hybridized carbons (Fsp3) is 0.933. The van der Waals surface area contributed by atoms with Crippen LogP contribution in [0.1, 0.15) is 47.5 Å². The number of ether oxygens (including phenoxy) is 2. The van der Waals surface area contributed by atoms with E-state index < -0.39 is 0 Å². The first-order valence-corrected chi connectivity index (χ1v) is 7.36. The highest BCUT2D eigenvalue weighted by Gasteiger charge is 2.14. The van der Waals surface area contributed by atoms with Crippen molar-refractivity contribution in [3.8, 4) is 0 Å². The summed E-state index contributed by atoms with van der Waals surface area (Å²) in [6.45, 7) is 13.6. The first kappa shape index (κ1) is 18.4. The SMILES string of the molecule is CCC(C)C(=O)NCCOCCOCC(C)(C)CC. The first-order chi connectivity index (χ1) is 8.93. The van der Waals surface area contributed by atoms with E-state index in [9.17, 15) is 4.79 Å². The second-order valence-corrected chi connectivity index (χ2v) is 5.78.